The fourth-order valence-electron chi connectivity index (χ4n) is 4.96. The standard InChI is InChI=1S/C24H25N3O3/c1-16-17-8-2-3-9-18(17)23(29)27(26-16)15-22(28)25-20-14-24(12-6-7-13-24)30-21-11-5-4-10-19(20)21/h2-5,8-11,20H,6-7,12-15H2,1H3,(H,25,28). The molecule has 1 saturated carbocycles. The van der Waals surface area contributed by atoms with Gasteiger partial charge in [0.25, 0.3) is 5.56 Å². The molecule has 0 bridgehead atoms. The lowest BCUT2D eigenvalue weighted by atomic mass is 9.86. The second-order valence-electron chi connectivity index (χ2n) is 8.45. The summed E-state index contributed by atoms with van der Waals surface area (Å²) in [4.78, 5) is 25.8. The van der Waals surface area contributed by atoms with Crippen LogP contribution in [0.25, 0.3) is 10.8 Å². The largest absolute Gasteiger partial charge is 0.487 e. The minimum absolute atomic E-state index is 0.100. The maximum Gasteiger partial charge on any atom is 0.275 e. The first kappa shape index (κ1) is 18.9. The van der Waals surface area contributed by atoms with E-state index in [9.17, 15) is 9.59 Å². The number of aryl methyl sites for hydroxylation is 1. The molecule has 6 nitrogen and oxygen atoms in total. The van der Waals surface area contributed by atoms with Crippen LogP contribution in [0.5, 0.6) is 5.75 Å². The van der Waals surface area contributed by atoms with E-state index in [0.717, 1.165) is 54.5 Å². The fraction of sp³-hybridized carbons (Fsp3) is 0.375. The SMILES string of the molecule is Cc1nn(CC(=O)NC2CC3(CCCC3)Oc3ccccc32)c(=O)c2ccccc12. The van der Waals surface area contributed by atoms with Gasteiger partial charge in [-0.05, 0) is 44.7 Å². The van der Waals surface area contributed by atoms with E-state index in [1.165, 1.54) is 4.68 Å². The van der Waals surface area contributed by atoms with Crippen molar-refractivity contribution in [3.8, 4) is 5.75 Å². The monoisotopic (exact) mass is 403 g/mol. The van der Waals surface area contributed by atoms with Gasteiger partial charge in [0.05, 0.1) is 17.1 Å². The average molecular weight is 403 g/mol. The Morgan fingerprint density at radius 2 is 1.83 bits per heavy atom. The van der Waals surface area contributed by atoms with E-state index in [0.29, 0.717) is 5.39 Å². The van der Waals surface area contributed by atoms with Gasteiger partial charge >= 0.3 is 0 Å². The van der Waals surface area contributed by atoms with E-state index in [4.69, 9.17) is 4.74 Å². The highest BCUT2D eigenvalue weighted by Crippen LogP contribution is 2.46. The zero-order valence-corrected chi connectivity index (χ0v) is 17.1. The first-order valence-corrected chi connectivity index (χ1v) is 10.6. The number of rotatable bonds is 3. The number of amides is 1. The van der Waals surface area contributed by atoms with Crippen LogP contribution in [-0.2, 0) is 11.3 Å². The van der Waals surface area contributed by atoms with Crippen LogP contribution >= 0.6 is 0 Å². The molecule has 0 saturated heterocycles. The molecule has 3 aromatic rings. The minimum atomic E-state index is -0.244. The maximum absolute atomic E-state index is 12.9. The van der Waals surface area contributed by atoms with E-state index in [-0.39, 0.29) is 29.7 Å². The van der Waals surface area contributed by atoms with E-state index >= 15 is 0 Å². The van der Waals surface area contributed by atoms with Gasteiger partial charge in [0.15, 0.2) is 0 Å². The molecular weight excluding hydrogens is 378 g/mol. The van der Waals surface area contributed by atoms with Crippen molar-refractivity contribution in [2.24, 2.45) is 0 Å². The molecule has 1 unspecified atom stereocenters. The van der Waals surface area contributed by atoms with Crippen molar-refractivity contribution in [3.63, 3.8) is 0 Å². The van der Waals surface area contributed by atoms with Gasteiger partial charge in [0, 0.05) is 17.4 Å². The van der Waals surface area contributed by atoms with E-state index < -0.39 is 0 Å². The molecule has 2 heterocycles. The molecule has 1 aromatic heterocycles. The van der Waals surface area contributed by atoms with Gasteiger partial charge in [0.1, 0.15) is 17.9 Å². The summed E-state index contributed by atoms with van der Waals surface area (Å²) in [6.07, 6.45) is 5.09. The molecule has 6 heteroatoms. The van der Waals surface area contributed by atoms with Crippen molar-refractivity contribution < 1.29 is 9.53 Å². The summed E-state index contributed by atoms with van der Waals surface area (Å²) in [5, 5.41) is 8.92. The zero-order chi connectivity index (χ0) is 20.7. The summed E-state index contributed by atoms with van der Waals surface area (Å²) in [5.41, 5.74) is 1.30. The van der Waals surface area contributed by atoms with Crippen molar-refractivity contribution in [1.82, 2.24) is 15.1 Å². The number of ether oxygens (including phenoxy) is 1. The quantitative estimate of drug-likeness (QED) is 0.724. The van der Waals surface area contributed by atoms with Crippen molar-refractivity contribution >= 4 is 16.7 Å². The average Bonchev–Trinajstić information content (AvgIpc) is 3.19. The molecule has 5 rings (SSSR count). The zero-order valence-electron chi connectivity index (χ0n) is 17.1. The molecule has 1 N–H and O–H groups in total. The summed E-state index contributed by atoms with van der Waals surface area (Å²) in [7, 11) is 0. The second kappa shape index (κ2) is 7.27. The molecule has 1 amide bonds. The highest BCUT2D eigenvalue weighted by Gasteiger charge is 2.43. The van der Waals surface area contributed by atoms with Crippen LogP contribution in [0.1, 0.15) is 49.4 Å². The van der Waals surface area contributed by atoms with Crippen LogP contribution in [0.3, 0.4) is 0 Å². The van der Waals surface area contributed by atoms with Gasteiger partial charge < -0.3 is 10.1 Å². The van der Waals surface area contributed by atoms with Crippen LogP contribution in [-0.4, -0.2) is 21.3 Å². The van der Waals surface area contributed by atoms with Gasteiger partial charge in [-0.25, -0.2) is 4.68 Å². The van der Waals surface area contributed by atoms with Gasteiger partial charge in [0.2, 0.25) is 5.91 Å². The third kappa shape index (κ3) is 3.26. The van der Waals surface area contributed by atoms with Crippen molar-refractivity contribution in [2.45, 2.75) is 57.2 Å². The Morgan fingerprint density at radius 1 is 1.13 bits per heavy atom. The highest BCUT2D eigenvalue weighted by molar-refractivity contribution is 5.83. The molecule has 2 aliphatic rings. The Balaban J connectivity index is 1.41. The molecule has 0 radical (unpaired) electrons. The Morgan fingerprint density at radius 3 is 2.63 bits per heavy atom. The van der Waals surface area contributed by atoms with Gasteiger partial charge in [-0.1, -0.05) is 36.4 Å². The molecule has 1 fully saturated rings. The lowest BCUT2D eigenvalue weighted by molar-refractivity contribution is -0.123. The third-order valence-corrected chi connectivity index (χ3v) is 6.39. The minimum Gasteiger partial charge on any atom is -0.487 e. The molecule has 1 aliphatic carbocycles. The smallest absolute Gasteiger partial charge is 0.275 e. The maximum atomic E-state index is 12.9. The van der Waals surface area contributed by atoms with Crippen LogP contribution in [0.2, 0.25) is 0 Å². The number of carbonyl (C=O) groups is 1. The Kier molecular flexibility index (Phi) is 4.57. The molecule has 154 valence electrons. The summed E-state index contributed by atoms with van der Waals surface area (Å²) in [6.45, 7) is 1.76. The number of carbonyl (C=O) groups excluding carboxylic acids is 1. The number of aromatic nitrogens is 2. The molecule has 1 aliphatic heterocycles. The summed E-state index contributed by atoms with van der Waals surface area (Å²) >= 11 is 0. The summed E-state index contributed by atoms with van der Waals surface area (Å²) < 4.78 is 7.64. The van der Waals surface area contributed by atoms with Crippen LogP contribution in [0.4, 0.5) is 0 Å². The van der Waals surface area contributed by atoms with Crippen LogP contribution in [0, 0.1) is 6.92 Å². The Labute approximate surface area is 174 Å². The Hall–Kier alpha value is -3.15. The van der Waals surface area contributed by atoms with E-state index in [1.54, 1.807) is 6.07 Å². The van der Waals surface area contributed by atoms with Gasteiger partial charge in [-0.3, -0.25) is 9.59 Å². The lowest BCUT2D eigenvalue weighted by Crippen LogP contribution is -2.44. The van der Waals surface area contributed by atoms with Gasteiger partial charge in [-0.15, -0.1) is 0 Å². The lowest BCUT2D eigenvalue weighted by Gasteiger charge is -2.40. The van der Waals surface area contributed by atoms with Crippen molar-refractivity contribution in [1.29, 1.82) is 0 Å². The first-order chi connectivity index (χ1) is 14.5. The molecule has 1 atom stereocenters. The number of nitrogens with zero attached hydrogens (tertiary/aromatic N) is 2. The number of nitrogens with one attached hydrogen (secondary N) is 1. The summed E-state index contributed by atoms with van der Waals surface area (Å²) in [5.74, 6) is 0.641. The Bertz CT molecular complexity index is 1180. The number of hydrogen-bond donors (Lipinski definition) is 1. The highest BCUT2D eigenvalue weighted by atomic mass is 16.5. The predicted molar refractivity (Wildman–Crippen MR) is 115 cm³/mol. The number of hydrogen-bond acceptors (Lipinski definition) is 4. The van der Waals surface area contributed by atoms with Crippen LogP contribution < -0.4 is 15.6 Å². The summed E-state index contributed by atoms with van der Waals surface area (Å²) in [6, 6.07) is 15.2. The molecule has 2 aromatic carbocycles. The van der Waals surface area contributed by atoms with E-state index in [2.05, 4.69) is 10.4 Å². The molecule has 1 spiro atoms. The topological polar surface area (TPSA) is 73.2 Å². The van der Waals surface area contributed by atoms with Crippen molar-refractivity contribution in [3.05, 3.63) is 70.1 Å². The van der Waals surface area contributed by atoms with E-state index in [1.807, 2.05) is 49.4 Å². The number of fused-ring (bicyclic) bond motifs is 2. The number of benzene rings is 2. The number of para-hydroxylation sites is 1. The fourth-order valence-corrected chi connectivity index (χ4v) is 4.96. The molecular formula is C24H25N3O3. The normalized spacial score (nSPS) is 19.4. The van der Waals surface area contributed by atoms with Crippen LogP contribution in [0.15, 0.2) is 53.3 Å². The predicted octanol–water partition coefficient (Wildman–Crippen LogP) is 3.66. The first-order valence-electron chi connectivity index (χ1n) is 10.6. The second-order valence-corrected chi connectivity index (χ2v) is 8.45. The molecule has 30 heavy (non-hydrogen) atoms. The third-order valence-electron chi connectivity index (χ3n) is 6.39. The van der Waals surface area contributed by atoms with Gasteiger partial charge in [-0.2, -0.15) is 5.10 Å². The van der Waals surface area contributed by atoms with Crippen molar-refractivity contribution in [2.75, 3.05) is 0 Å².